The summed E-state index contributed by atoms with van der Waals surface area (Å²) in [7, 11) is 2.02. The van der Waals surface area contributed by atoms with E-state index in [1.807, 2.05) is 32.2 Å². The summed E-state index contributed by atoms with van der Waals surface area (Å²) in [4.78, 5) is 2.14. The number of nitrogens with zero attached hydrogens (tertiary/aromatic N) is 1. The van der Waals surface area contributed by atoms with Gasteiger partial charge in [0.25, 0.3) is 0 Å². The quantitative estimate of drug-likeness (QED) is 0.832. The van der Waals surface area contributed by atoms with Crippen LogP contribution >= 0.6 is 0 Å². The van der Waals surface area contributed by atoms with Gasteiger partial charge in [-0.25, -0.2) is 0 Å². The summed E-state index contributed by atoms with van der Waals surface area (Å²) < 4.78 is 5.85. The van der Waals surface area contributed by atoms with Crippen molar-refractivity contribution in [1.82, 2.24) is 4.90 Å². The summed E-state index contributed by atoms with van der Waals surface area (Å²) in [5, 5.41) is 9.07. The number of fused-ring (bicyclic) bond motifs is 1. The average molecular weight is 221 g/mol. The number of aliphatic hydroxyl groups is 1. The molecule has 3 heteroatoms. The number of ether oxygens (including phenoxy) is 1. The van der Waals surface area contributed by atoms with Crippen molar-refractivity contribution in [2.45, 2.75) is 25.5 Å². The zero-order chi connectivity index (χ0) is 11.5. The molecule has 0 amide bonds. The van der Waals surface area contributed by atoms with Crippen molar-refractivity contribution in [1.29, 1.82) is 0 Å². The van der Waals surface area contributed by atoms with Crippen molar-refractivity contribution in [3.8, 4) is 5.75 Å². The molecule has 1 aliphatic rings. The molecule has 2 rings (SSSR count). The molecule has 2 atom stereocenters. The second-order valence-electron chi connectivity index (χ2n) is 4.52. The predicted octanol–water partition coefficient (Wildman–Crippen LogP) is 1.30. The van der Waals surface area contributed by atoms with Crippen LogP contribution in [0.15, 0.2) is 24.3 Å². The molecule has 3 nitrogen and oxygen atoms in total. The minimum absolute atomic E-state index is 0.187. The molecule has 0 bridgehead atoms. The minimum atomic E-state index is 0.187. The van der Waals surface area contributed by atoms with E-state index < -0.39 is 0 Å². The maximum atomic E-state index is 9.07. The largest absolute Gasteiger partial charge is 0.488 e. The van der Waals surface area contributed by atoms with Crippen molar-refractivity contribution < 1.29 is 9.84 Å². The molecule has 0 spiro atoms. The van der Waals surface area contributed by atoms with E-state index in [0.29, 0.717) is 0 Å². The van der Waals surface area contributed by atoms with Gasteiger partial charge in [-0.05, 0) is 25.6 Å². The van der Waals surface area contributed by atoms with Crippen molar-refractivity contribution >= 4 is 0 Å². The van der Waals surface area contributed by atoms with E-state index in [2.05, 4.69) is 11.0 Å². The number of hydrogen-bond donors (Lipinski definition) is 1. The van der Waals surface area contributed by atoms with Gasteiger partial charge in [0.1, 0.15) is 11.9 Å². The fourth-order valence-electron chi connectivity index (χ4n) is 2.00. The van der Waals surface area contributed by atoms with E-state index in [9.17, 15) is 0 Å². The molecule has 1 aromatic rings. The Morgan fingerprint density at radius 1 is 1.50 bits per heavy atom. The molecule has 0 radical (unpaired) electrons. The van der Waals surface area contributed by atoms with E-state index in [0.717, 1.165) is 18.7 Å². The zero-order valence-corrected chi connectivity index (χ0v) is 9.89. The van der Waals surface area contributed by atoms with Crippen molar-refractivity contribution in [3.63, 3.8) is 0 Å². The van der Waals surface area contributed by atoms with E-state index in [1.54, 1.807) is 0 Å². The van der Waals surface area contributed by atoms with E-state index in [4.69, 9.17) is 9.84 Å². The molecule has 16 heavy (non-hydrogen) atoms. The monoisotopic (exact) mass is 221 g/mol. The van der Waals surface area contributed by atoms with Gasteiger partial charge in [-0.2, -0.15) is 0 Å². The van der Waals surface area contributed by atoms with E-state index >= 15 is 0 Å². The number of likely N-dealkylation sites (N-methyl/N-ethyl adjacent to an activating group) is 1. The number of aliphatic hydroxyl groups excluding tert-OH is 1. The summed E-state index contributed by atoms with van der Waals surface area (Å²) in [6.45, 7) is 3.06. The number of benzene rings is 1. The molecule has 0 saturated heterocycles. The van der Waals surface area contributed by atoms with Gasteiger partial charge in [0.15, 0.2) is 0 Å². The molecule has 0 saturated carbocycles. The SMILES string of the molecule is CC(CO)N(C)CC1Cc2ccccc2O1. The second-order valence-corrected chi connectivity index (χ2v) is 4.52. The highest BCUT2D eigenvalue weighted by Crippen LogP contribution is 2.28. The van der Waals surface area contributed by atoms with Crippen LogP contribution in [0.5, 0.6) is 5.75 Å². The Balaban J connectivity index is 1.92. The van der Waals surface area contributed by atoms with Gasteiger partial charge in [0.2, 0.25) is 0 Å². The van der Waals surface area contributed by atoms with Crippen molar-refractivity contribution in [2.75, 3.05) is 20.2 Å². The van der Waals surface area contributed by atoms with Crippen molar-refractivity contribution in [3.05, 3.63) is 29.8 Å². The standard InChI is InChI=1S/C13H19NO2/c1-10(9-15)14(2)8-12-7-11-5-3-4-6-13(11)16-12/h3-6,10,12,15H,7-9H2,1-2H3. The van der Waals surface area contributed by atoms with Crippen LogP contribution in [0.2, 0.25) is 0 Å². The summed E-state index contributed by atoms with van der Waals surface area (Å²) in [6.07, 6.45) is 1.19. The lowest BCUT2D eigenvalue weighted by molar-refractivity contribution is 0.110. The molecule has 1 N–H and O–H groups in total. The topological polar surface area (TPSA) is 32.7 Å². The Hall–Kier alpha value is -1.06. The molecule has 2 unspecified atom stereocenters. The van der Waals surface area contributed by atoms with Gasteiger partial charge in [-0.1, -0.05) is 18.2 Å². The molecule has 1 heterocycles. The number of rotatable bonds is 4. The highest BCUT2D eigenvalue weighted by Gasteiger charge is 2.24. The lowest BCUT2D eigenvalue weighted by Crippen LogP contribution is -2.39. The molecule has 1 aliphatic heterocycles. The van der Waals surface area contributed by atoms with Crippen LogP contribution < -0.4 is 4.74 Å². The molecule has 0 aromatic heterocycles. The average Bonchev–Trinajstić information content (AvgIpc) is 2.69. The third kappa shape index (κ3) is 2.36. The molecule has 0 fully saturated rings. The van der Waals surface area contributed by atoms with Gasteiger partial charge in [-0.3, -0.25) is 4.90 Å². The Morgan fingerprint density at radius 3 is 2.94 bits per heavy atom. The highest BCUT2D eigenvalue weighted by molar-refractivity contribution is 5.37. The lowest BCUT2D eigenvalue weighted by Gasteiger charge is -2.25. The molecular formula is C13H19NO2. The highest BCUT2D eigenvalue weighted by atomic mass is 16.5. The first kappa shape index (κ1) is 11.4. The normalized spacial score (nSPS) is 20.6. The molecule has 88 valence electrons. The van der Waals surface area contributed by atoms with E-state index in [1.165, 1.54) is 5.56 Å². The van der Waals surface area contributed by atoms with Gasteiger partial charge < -0.3 is 9.84 Å². The molecule has 0 aliphatic carbocycles. The van der Waals surface area contributed by atoms with Gasteiger partial charge in [0, 0.05) is 19.0 Å². The maximum Gasteiger partial charge on any atom is 0.123 e. The maximum absolute atomic E-state index is 9.07. The van der Waals surface area contributed by atoms with Gasteiger partial charge in [0.05, 0.1) is 6.61 Å². The number of para-hydroxylation sites is 1. The Bertz CT molecular complexity index is 329. The Morgan fingerprint density at radius 2 is 2.25 bits per heavy atom. The Kier molecular flexibility index (Phi) is 3.46. The van der Waals surface area contributed by atoms with Crippen LogP contribution in [0.3, 0.4) is 0 Å². The fourth-order valence-corrected chi connectivity index (χ4v) is 2.00. The van der Waals surface area contributed by atoms with Crippen LogP contribution in [0.25, 0.3) is 0 Å². The lowest BCUT2D eigenvalue weighted by atomic mass is 10.1. The van der Waals surface area contributed by atoms with Crippen molar-refractivity contribution in [2.24, 2.45) is 0 Å². The van der Waals surface area contributed by atoms with Crippen LogP contribution in [-0.4, -0.2) is 42.4 Å². The minimum Gasteiger partial charge on any atom is -0.488 e. The zero-order valence-electron chi connectivity index (χ0n) is 9.89. The third-order valence-corrected chi connectivity index (χ3v) is 3.22. The fraction of sp³-hybridized carbons (Fsp3) is 0.538. The van der Waals surface area contributed by atoms with Gasteiger partial charge >= 0.3 is 0 Å². The van der Waals surface area contributed by atoms with Crippen LogP contribution in [0.4, 0.5) is 0 Å². The first-order valence-electron chi connectivity index (χ1n) is 5.76. The van der Waals surface area contributed by atoms with E-state index in [-0.39, 0.29) is 18.8 Å². The number of hydrogen-bond acceptors (Lipinski definition) is 3. The summed E-state index contributed by atoms with van der Waals surface area (Å²) in [5.74, 6) is 1.01. The summed E-state index contributed by atoms with van der Waals surface area (Å²) in [5.41, 5.74) is 1.29. The first-order chi connectivity index (χ1) is 7.70. The van der Waals surface area contributed by atoms with Crippen LogP contribution in [0, 0.1) is 0 Å². The van der Waals surface area contributed by atoms with Crippen LogP contribution in [-0.2, 0) is 6.42 Å². The first-order valence-corrected chi connectivity index (χ1v) is 5.76. The second kappa shape index (κ2) is 4.85. The Labute approximate surface area is 96.6 Å². The summed E-state index contributed by atoms with van der Waals surface area (Å²) in [6, 6.07) is 8.37. The summed E-state index contributed by atoms with van der Waals surface area (Å²) >= 11 is 0. The smallest absolute Gasteiger partial charge is 0.123 e. The molecule has 1 aromatic carbocycles. The predicted molar refractivity (Wildman–Crippen MR) is 63.7 cm³/mol. The van der Waals surface area contributed by atoms with Crippen LogP contribution in [0.1, 0.15) is 12.5 Å². The molecular weight excluding hydrogens is 202 g/mol. The third-order valence-electron chi connectivity index (χ3n) is 3.22. The van der Waals surface area contributed by atoms with Gasteiger partial charge in [-0.15, -0.1) is 0 Å².